The van der Waals surface area contributed by atoms with Gasteiger partial charge >= 0.3 is 0 Å². The number of likely N-dealkylation sites (tertiary alicyclic amines) is 1. The van der Waals surface area contributed by atoms with E-state index in [9.17, 15) is 13.2 Å². The Hall–Kier alpha value is -1.64. The number of fused-ring (bicyclic) bond motifs is 2. The van der Waals surface area contributed by atoms with Crippen LogP contribution in [0.4, 0.5) is 0 Å². The fraction of sp³-hybridized carbons (Fsp3) is 0.467. The first-order valence-electron chi connectivity index (χ1n) is 7.70. The van der Waals surface area contributed by atoms with E-state index in [0.717, 1.165) is 26.2 Å². The summed E-state index contributed by atoms with van der Waals surface area (Å²) in [6.45, 7) is 3.44. The van der Waals surface area contributed by atoms with E-state index >= 15 is 0 Å². The van der Waals surface area contributed by atoms with E-state index in [1.165, 1.54) is 6.07 Å². The van der Waals surface area contributed by atoms with Crippen LogP contribution in [-0.2, 0) is 14.8 Å². The van der Waals surface area contributed by atoms with Gasteiger partial charge in [-0.05, 0) is 24.0 Å². The molecule has 1 aromatic carbocycles. The van der Waals surface area contributed by atoms with Gasteiger partial charge in [0, 0.05) is 31.7 Å². The van der Waals surface area contributed by atoms with Crippen LogP contribution in [0.1, 0.15) is 5.56 Å². The first-order chi connectivity index (χ1) is 11.0. The van der Waals surface area contributed by atoms with Crippen molar-refractivity contribution >= 4 is 34.2 Å². The number of hydrogen-bond donors (Lipinski definition) is 2. The van der Waals surface area contributed by atoms with Crippen molar-refractivity contribution in [3.63, 3.8) is 0 Å². The third kappa shape index (κ3) is 2.89. The predicted molar refractivity (Wildman–Crippen MR) is 91.8 cm³/mol. The van der Waals surface area contributed by atoms with Crippen molar-refractivity contribution < 1.29 is 13.2 Å². The molecule has 7 nitrogen and oxygen atoms in total. The Bertz CT molecular complexity index is 784. The second kappa shape index (κ2) is 6.34. The second-order valence-electron chi connectivity index (χ2n) is 6.24. The van der Waals surface area contributed by atoms with E-state index in [-0.39, 0.29) is 35.6 Å². The average Bonchev–Trinajstić information content (AvgIpc) is 3.18. The zero-order chi connectivity index (χ0) is 16.0. The summed E-state index contributed by atoms with van der Waals surface area (Å²) in [6.07, 6.45) is 0. The largest absolute Gasteiger partial charge is 0.340 e. The highest BCUT2D eigenvalue weighted by molar-refractivity contribution is 7.90. The summed E-state index contributed by atoms with van der Waals surface area (Å²) >= 11 is 0. The number of nitrogens with one attached hydrogen (secondary N) is 2. The Morgan fingerprint density at radius 3 is 2.58 bits per heavy atom. The van der Waals surface area contributed by atoms with Crippen molar-refractivity contribution in [1.82, 2.24) is 14.9 Å². The number of amides is 1. The molecule has 9 heteroatoms. The molecule has 24 heavy (non-hydrogen) atoms. The van der Waals surface area contributed by atoms with E-state index in [1.807, 2.05) is 4.90 Å². The molecule has 0 unspecified atom stereocenters. The number of rotatable bonds is 2. The second-order valence-corrected chi connectivity index (χ2v) is 7.89. The molecule has 2 atom stereocenters. The Balaban J connectivity index is 0.00000169. The summed E-state index contributed by atoms with van der Waals surface area (Å²) in [5, 5.41) is 3.34. The van der Waals surface area contributed by atoms with Crippen molar-refractivity contribution in [1.29, 1.82) is 0 Å². The number of carbonyl (C=O) groups is 1. The fourth-order valence-corrected chi connectivity index (χ4v) is 4.81. The zero-order valence-electron chi connectivity index (χ0n) is 12.9. The van der Waals surface area contributed by atoms with Gasteiger partial charge in [0.1, 0.15) is 12.4 Å². The van der Waals surface area contributed by atoms with Gasteiger partial charge in [-0.25, -0.2) is 8.42 Å². The van der Waals surface area contributed by atoms with Gasteiger partial charge in [0.05, 0.1) is 4.90 Å². The summed E-state index contributed by atoms with van der Waals surface area (Å²) in [4.78, 5) is 18.6. The molecule has 0 saturated carbocycles. The number of halogens is 1. The molecule has 3 aliphatic heterocycles. The Kier molecular flexibility index (Phi) is 4.54. The molecular weight excluding hydrogens is 352 g/mol. The van der Waals surface area contributed by atoms with Crippen molar-refractivity contribution in [3.05, 3.63) is 29.8 Å². The van der Waals surface area contributed by atoms with Gasteiger partial charge in [-0.2, -0.15) is 0 Å². The molecule has 0 bridgehead atoms. The topological polar surface area (TPSA) is 90.9 Å². The molecule has 0 radical (unpaired) electrons. The Morgan fingerprint density at radius 1 is 1.21 bits per heavy atom. The molecule has 0 spiro atoms. The molecule has 3 aliphatic rings. The van der Waals surface area contributed by atoms with Gasteiger partial charge in [-0.15, -0.1) is 12.4 Å². The SMILES string of the molecule is Cl.O=C(CN=C1NS(=O)(=O)c2ccccc21)N1C[C@H]2CNC[C@H]2C1. The third-order valence-electron chi connectivity index (χ3n) is 4.78. The standard InChI is InChI=1S/C15H18N4O3S.ClH/c20-14(19-8-10-5-16-6-11(10)9-19)7-17-15-12-3-1-2-4-13(12)23(21,22)18-15;/h1-4,10-11,16H,5-9H2,(H,17,18);1H/t10-,11+;. The molecule has 1 amide bonds. The molecule has 130 valence electrons. The number of aliphatic imine (C=N–C) groups is 1. The summed E-state index contributed by atoms with van der Waals surface area (Å²) < 4.78 is 26.4. The van der Waals surface area contributed by atoms with Crippen LogP contribution in [0.25, 0.3) is 0 Å². The van der Waals surface area contributed by atoms with Gasteiger partial charge in [-0.1, -0.05) is 12.1 Å². The summed E-state index contributed by atoms with van der Waals surface area (Å²) in [5.74, 6) is 1.29. The fourth-order valence-electron chi connectivity index (χ4n) is 3.56. The van der Waals surface area contributed by atoms with Gasteiger partial charge in [0.2, 0.25) is 5.91 Å². The van der Waals surface area contributed by atoms with Crippen molar-refractivity contribution in [2.45, 2.75) is 4.90 Å². The quantitative estimate of drug-likeness (QED) is 0.756. The monoisotopic (exact) mass is 370 g/mol. The lowest BCUT2D eigenvalue weighted by molar-refractivity contribution is -0.128. The lowest BCUT2D eigenvalue weighted by Gasteiger charge is -2.16. The lowest BCUT2D eigenvalue weighted by Crippen LogP contribution is -2.34. The number of benzene rings is 1. The molecule has 0 aromatic heterocycles. The lowest BCUT2D eigenvalue weighted by atomic mass is 10.0. The average molecular weight is 371 g/mol. The van der Waals surface area contributed by atoms with Gasteiger partial charge in [0.25, 0.3) is 10.0 Å². The van der Waals surface area contributed by atoms with Crippen molar-refractivity contribution in [2.24, 2.45) is 16.8 Å². The van der Waals surface area contributed by atoms with E-state index < -0.39 is 10.0 Å². The number of hydrogen-bond acceptors (Lipinski definition) is 5. The molecule has 2 N–H and O–H groups in total. The molecule has 1 aromatic rings. The van der Waals surface area contributed by atoms with Crippen LogP contribution in [0.5, 0.6) is 0 Å². The van der Waals surface area contributed by atoms with Crippen LogP contribution in [-0.4, -0.2) is 57.8 Å². The molecule has 2 fully saturated rings. The maximum Gasteiger partial charge on any atom is 0.263 e. The van der Waals surface area contributed by atoms with Crippen molar-refractivity contribution in [3.8, 4) is 0 Å². The highest BCUT2D eigenvalue weighted by Crippen LogP contribution is 2.26. The highest BCUT2D eigenvalue weighted by Gasteiger charge is 2.38. The summed E-state index contributed by atoms with van der Waals surface area (Å²) in [6, 6.07) is 6.66. The predicted octanol–water partition coefficient (Wildman–Crippen LogP) is -0.175. The van der Waals surface area contributed by atoms with E-state index in [4.69, 9.17) is 0 Å². The minimum atomic E-state index is -3.55. The van der Waals surface area contributed by atoms with Crippen LogP contribution in [0.3, 0.4) is 0 Å². The maximum atomic E-state index is 12.3. The number of nitrogens with zero attached hydrogens (tertiary/aromatic N) is 2. The van der Waals surface area contributed by atoms with Gasteiger partial charge in [-0.3, -0.25) is 14.5 Å². The van der Waals surface area contributed by atoms with E-state index in [2.05, 4.69) is 15.0 Å². The molecule has 4 rings (SSSR count). The number of sulfonamides is 1. The first-order valence-corrected chi connectivity index (χ1v) is 9.18. The minimum absolute atomic E-state index is 0. The van der Waals surface area contributed by atoms with E-state index in [1.54, 1.807) is 18.2 Å². The van der Waals surface area contributed by atoms with Crippen LogP contribution in [0, 0.1) is 11.8 Å². The van der Waals surface area contributed by atoms with Crippen molar-refractivity contribution in [2.75, 3.05) is 32.7 Å². The minimum Gasteiger partial charge on any atom is -0.340 e. The van der Waals surface area contributed by atoms with Crippen LogP contribution in [0.15, 0.2) is 34.2 Å². The molecule has 3 heterocycles. The molecule has 2 saturated heterocycles. The normalized spacial score (nSPS) is 28.2. The first kappa shape index (κ1) is 17.2. The van der Waals surface area contributed by atoms with Crippen LogP contribution in [0.2, 0.25) is 0 Å². The number of amidine groups is 1. The number of carbonyl (C=O) groups excluding carboxylic acids is 1. The highest BCUT2D eigenvalue weighted by atomic mass is 35.5. The van der Waals surface area contributed by atoms with Crippen LogP contribution < -0.4 is 10.0 Å². The Morgan fingerprint density at radius 2 is 1.88 bits per heavy atom. The summed E-state index contributed by atoms with van der Waals surface area (Å²) in [5.41, 5.74) is 0.530. The summed E-state index contributed by atoms with van der Waals surface area (Å²) in [7, 11) is -3.55. The molecular formula is C15H19ClN4O3S. The van der Waals surface area contributed by atoms with Gasteiger partial charge in [0.15, 0.2) is 0 Å². The third-order valence-corrected chi connectivity index (χ3v) is 6.17. The van der Waals surface area contributed by atoms with E-state index in [0.29, 0.717) is 17.4 Å². The maximum absolute atomic E-state index is 12.3. The van der Waals surface area contributed by atoms with Crippen LogP contribution >= 0.6 is 12.4 Å². The van der Waals surface area contributed by atoms with Gasteiger partial charge < -0.3 is 10.2 Å². The molecule has 0 aliphatic carbocycles. The smallest absolute Gasteiger partial charge is 0.263 e. The zero-order valence-corrected chi connectivity index (χ0v) is 14.6. The Labute approximate surface area is 147 Å².